The second kappa shape index (κ2) is 9.43. The number of aromatic nitrogens is 1. The van der Waals surface area contributed by atoms with Gasteiger partial charge in [-0.25, -0.2) is 4.57 Å². The number of ether oxygens (including phenoxy) is 1. The van der Waals surface area contributed by atoms with Gasteiger partial charge in [-0.15, -0.1) is 0 Å². The van der Waals surface area contributed by atoms with Gasteiger partial charge in [0.25, 0.3) is 0 Å². The van der Waals surface area contributed by atoms with Crippen LogP contribution in [0, 0.1) is 3.82 Å². The Morgan fingerprint density at radius 3 is 2.28 bits per heavy atom. The summed E-state index contributed by atoms with van der Waals surface area (Å²) in [5, 5.41) is 0. The van der Waals surface area contributed by atoms with Crippen molar-refractivity contribution in [2.75, 3.05) is 25.6 Å². The highest BCUT2D eigenvalue weighted by Crippen LogP contribution is 2.30. The lowest BCUT2D eigenvalue weighted by molar-refractivity contribution is -0.697. The molecule has 0 spiro atoms. The Labute approximate surface area is 171 Å². The van der Waals surface area contributed by atoms with Gasteiger partial charge in [-0.3, -0.25) is 0 Å². The molecule has 132 valence electrons. The van der Waals surface area contributed by atoms with Gasteiger partial charge >= 0.3 is 0 Å². The molecule has 7 heteroatoms. The van der Waals surface area contributed by atoms with Crippen molar-refractivity contribution in [3.05, 3.63) is 58.7 Å². The van der Waals surface area contributed by atoms with Crippen molar-refractivity contribution in [3.8, 4) is 16.2 Å². The fourth-order valence-electron chi connectivity index (χ4n) is 2.25. The molecule has 0 fully saturated rings. The molecule has 3 nitrogen and oxygen atoms in total. The lowest BCUT2D eigenvalue weighted by Gasteiger charge is -2.10. The number of nitrogens with zero attached hydrogens (tertiary/aromatic N) is 2. The normalized spacial score (nSPS) is 10.2. The smallest absolute Gasteiger partial charge is 0.182 e. The zero-order valence-electron chi connectivity index (χ0n) is 14.0. The second-order valence-electron chi connectivity index (χ2n) is 5.56. The van der Waals surface area contributed by atoms with Crippen LogP contribution in [0.25, 0.3) is 10.4 Å². The fraction of sp³-hybridized carbons (Fsp3) is 0.222. The molecule has 1 aromatic carbocycles. The molecule has 0 aliphatic rings. The second-order valence-corrected chi connectivity index (χ2v) is 8.47. The monoisotopic (exact) mass is 454 g/mol. The number of halogens is 1. The number of rotatable bonds is 6. The standard InChI is InChI=1S/C18H19N2OS3.BrH/c1-19(2)15-7-9-20(10-8-15)11-12-21-16-5-3-14(4-6-16)17-13-18(22)24-23-17;/h3-10,13H,11-12H2,1-2H3;1H/q+1;/p-1. The minimum absolute atomic E-state index is 0. The van der Waals surface area contributed by atoms with Crippen LogP contribution < -0.4 is 31.2 Å². The van der Waals surface area contributed by atoms with E-state index >= 15 is 0 Å². The van der Waals surface area contributed by atoms with E-state index in [1.165, 1.54) is 16.1 Å². The van der Waals surface area contributed by atoms with Gasteiger partial charge in [0.15, 0.2) is 18.9 Å². The molecule has 0 radical (unpaired) electrons. The maximum absolute atomic E-state index is 5.84. The predicted octanol–water partition coefficient (Wildman–Crippen LogP) is 1.64. The van der Waals surface area contributed by atoms with Crippen LogP contribution in [0.1, 0.15) is 0 Å². The first-order chi connectivity index (χ1) is 11.6. The minimum atomic E-state index is 0. The van der Waals surface area contributed by atoms with E-state index in [2.05, 4.69) is 52.2 Å². The molecule has 0 bridgehead atoms. The summed E-state index contributed by atoms with van der Waals surface area (Å²) in [6.07, 6.45) is 4.15. The fourth-order valence-corrected chi connectivity index (χ4v) is 4.66. The number of anilines is 1. The highest BCUT2D eigenvalue weighted by Gasteiger charge is 2.04. The lowest BCUT2D eigenvalue weighted by atomic mass is 10.2. The zero-order valence-corrected chi connectivity index (χ0v) is 18.1. The highest BCUT2D eigenvalue weighted by molar-refractivity contribution is 7.80. The molecule has 3 rings (SSSR count). The van der Waals surface area contributed by atoms with Crippen LogP contribution in [-0.4, -0.2) is 20.7 Å². The molecule has 2 aromatic heterocycles. The summed E-state index contributed by atoms with van der Waals surface area (Å²) in [5.74, 6) is 0.892. The van der Waals surface area contributed by atoms with Gasteiger partial charge in [0, 0.05) is 36.8 Å². The van der Waals surface area contributed by atoms with Crippen LogP contribution in [0.2, 0.25) is 0 Å². The van der Waals surface area contributed by atoms with Crippen LogP contribution in [-0.2, 0) is 6.54 Å². The van der Waals surface area contributed by atoms with Gasteiger partial charge in [-0.2, -0.15) is 0 Å². The Bertz CT molecular complexity index is 842. The molecule has 0 unspecified atom stereocenters. The Kier molecular flexibility index (Phi) is 7.56. The SMILES string of the molecule is CN(C)c1cc[n+](CCOc2ccc(-c3cc(=S)ss3)cc2)cc1.[Br-]. The Hall–Kier alpha value is -1.28. The maximum Gasteiger partial charge on any atom is 0.182 e. The third-order valence-corrected chi connectivity index (χ3v) is 6.52. The van der Waals surface area contributed by atoms with Crippen LogP contribution in [0.4, 0.5) is 5.69 Å². The number of hydrogen-bond donors (Lipinski definition) is 0. The molecule has 0 N–H and O–H groups in total. The van der Waals surface area contributed by atoms with Crippen molar-refractivity contribution in [3.63, 3.8) is 0 Å². The first kappa shape index (κ1) is 20.0. The van der Waals surface area contributed by atoms with Crippen molar-refractivity contribution >= 4 is 38.6 Å². The third kappa shape index (κ3) is 5.60. The van der Waals surface area contributed by atoms with E-state index in [1.807, 2.05) is 26.2 Å². The van der Waals surface area contributed by atoms with Gasteiger partial charge in [0.2, 0.25) is 0 Å². The molecule has 0 aliphatic heterocycles. The van der Waals surface area contributed by atoms with Crippen molar-refractivity contribution < 1.29 is 26.3 Å². The van der Waals surface area contributed by atoms with Crippen molar-refractivity contribution in [2.24, 2.45) is 0 Å². The minimum Gasteiger partial charge on any atom is -1.00 e. The van der Waals surface area contributed by atoms with E-state index in [-0.39, 0.29) is 17.0 Å². The van der Waals surface area contributed by atoms with Crippen molar-refractivity contribution in [2.45, 2.75) is 6.54 Å². The molecule has 3 aromatic rings. The summed E-state index contributed by atoms with van der Waals surface area (Å²) in [7, 11) is 7.43. The van der Waals surface area contributed by atoms with Gasteiger partial charge in [-0.05, 0) is 35.9 Å². The van der Waals surface area contributed by atoms with Crippen LogP contribution in [0.3, 0.4) is 0 Å². The largest absolute Gasteiger partial charge is 1.00 e. The molecule has 25 heavy (non-hydrogen) atoms. The van der Waals surface area contributed by atoms with E-state index in [1.54, 1.807) is 20.7 Å². The average Bonchev–Trinajstić information content (AvgIpc) is 3.02. The van der Waals surface area contributed by atoms with E-state index in [0.29, 0.717) is 6.61 Å². The quantitative estimate of drug-likeness (QED) is 0.320. The maximum atomic E-state index is 5.84. The Morgan fingerprint density at radius 2 is 1.72 bits per heavy atom. The number of pyridine rings is 1. The lowest BCUT2D eigenvalue weighted by Crippen LogP contribution is -3.00. The first-order valence-electron chi connectivity index (χ1n) is 7.62. The van der Waals surface area contributed by atoms with Crippen LogP contribution in [0.5, 0.6) is 5.75 Å². The van der Waals surface area contributed by atoms with E-state index in [9.17, 15) is 0 Å². The van der Waals surface area contributed by atoms with Gasteiger partial charge < -0.3 is 26.6 Å². The summed E-state index contributed by atoms with van der Waals surface area (Å²) in [5.41, 5.74) is 2.38. The van der Waals surface area contributed by atoms with Gasteiger partial charge in [0.05, 0.1) is 0 Å². The van der Waals surface area contributed by atoms with E-state index < -0.39 is 0 Å². The molecule has 0 aliphatic carbocycles. The Balaban J connectivity index is 0.00000225. The van der Waals surface area contributed by atoms with Crippen molar-refractivity contribution in [1.29, 1.82) is 0 Å². The number of benzene rings is 1. The topological polar surface area (TPSA) is 16.4 Å². The third-order valence-electron chi connectivity index (χ3n) is 3.61. The summed E-state index contributed by atoms with van der Waals surface area (Å²) in [6, 6.07) is 14.5. The zero-order chi connectivity index (χ0) is 16.9. The average molecular weight is 455 g/mol. The van der Waals surface area contributed by atoms with E-state index in [0.717, 1.165) is 16.1 Å². The summed E-state index contributed by atoms with van der Waals surface area (Å²) in [4.78, 5) is 3.30. The molecular weight excluding hydrogens is 436 g/mol. The predicted molar refractivity (Wildman–Crippen MR) is 105 cm³/mol. The van der Waals surface area contributed by atoms with Crippen molar-refractivity contribution in [1.82, 2.24) is 0 Å². The Morgan fingerprint density at radius 1 is 1.04 bits per heavy atom. The molecule has 0 atom stereocenters. The first-order valence-corrected chi connectivity index (χ1v) is 10.2. The summed E-state index contributed by atoms with van der Waals surface area (Å²) >= 11 is 5.18. The van der Waals surface area contributed by atoms with Gasteiger partial charge in [-0.1, -0.05) is 32.9 Å². The molecule has 2 heterocycles. The number of hydrogen-bond acceptors (Lipinski definition) is 5. The molecular formula is C18H19BrN2OS3. The summed E-state index contributed by atoms with van der Waals surface area (Å²) in [6.45, 7) is 1.46. The van der Waals surface area contributed by atoms with Gasteiger partial charge in [0.1, 0.15) is 16.2 Å². The molecule has 0 amide bonds. The van der Waals surface area contributed by atoms with Crippen LogP contribution in [0.15, 0.2) is 54.9 Å². The van der Waals surface area contributed by atoms with Crippen LogP contribution >= 0.6 is 32.9 Å². The molecule has 0 saturated carbocycles. The van der Waals surface area contributed by atoms with E-state index in [4.69, 9.17) is 17.0 Å². The highest BCUT2D eigenvalue weighted by atomic mass is 79.9. The summed E-state index contributed by atoms with van der Waals surface area (Å²) < 4.78 is 8.90. The molecule has 0 saturated heterocycles.